The number of carbonyl (C=O) groups is 1. The van der Waals surface area contributed by atoms with Gasteiger partial charge >= 0.3 is 5.97 Å². The molecule has 0 amide bonds. The summed E-state index contributed by atoms with van der Waals surface area (Å²) in [6.45, 7) is 3.54. The Morgan fingerprint density at radius 1 is 1.31 bits per heavy atom. The number of aromatic carboxylic acids is 1. The van der Waals surface area contributed by atoms with Crippen LogP contribution in [-0.2, 0) is 0 Å². The van der Waals surface area contributed by atoms with Crippen LogP contribution in [0.1, 0.15) is 21.6 Å². The lowest BCUT2D eigenvalue weighted by molar-refractivity contribution is 0.0697. The van der Waals surface area contributed by atoms with Crippen molar-refractivity contribution in [3.8, 4) is 0 Å². The highest BCUT2D eigenvalue weighted by Crippen LogP contribution is 2.13. The number of aryl methyl sites for hydroxylation is 1. The number of hydrogen-bond donors (Lipinski definition) is 2. The summed E-state index contributed by atoms with van der Waals surface area (Å²) < 4.78 is 0. The molecule has 4 heteroatoms. The summed E-state index contributed by atoms with van der Waals surface area (Å²) in [7, 11) is 0. The van der Waals surface area contributed by atoms with Gasteiger partial charge in [-0.05, 0) is 32.0 Å². The standard InChI is InChI=1S/C12H11NO3/c1-6-7(2)13-10-4-3-8(12(15)16)5-9(10)11(6)14/h3-5H,1-2H3,(H,13,14)(H,15,16). The van der Waals surface area contributed by atoms with Gasteiger partial charge in [-0.25, -0.2) is 4.79 Å². The molecule has 0 spiro atoms. The average molecular weight is 217 g/mol. The van der Waals surface area contributed by atoms with Crippen LogP contribution in [0.2, 0.25) is 0 Å². The molecular weight excluding hydrogens is 206 g/mol. The van der Waals surface area contributed by atoms with Crippen molar-refractivity contribution in [3.05, 3.63) is 45.2 Å². The number of hydrogen-bond acceptors (Lipinski definition) is 2. The minimum absolute atomic E-state index is 0.116. The average Bonchev–Trinajstić information content (AvgIpc) is 2.25. The molecule has 0 saturated heterocycles. The van der Waals surface area contributed by atoms with Gasteiger partial charge in [0, 0.05) is 22.2 Å². The summed E-state index contributed by atoms with van der Waals surface area (Å²) in [5.74, 6) is -1.03. The molecule has 0 atom stereocenters. The van der Waals surface area contributed by atoms with E-state index in [0.717, 1.165) is 5.69 Å². The lowest BCUT2D eigenvalue weighted by atomic mass is 10.1. The second-order valence-electron chi connectivity index (χ2n) is 3.77. The molecule has 0 fully saturated rings. The van der Waals surface area contributed by atoms with E-state index < -0.39 is 5.97 Å². The Morgan fingerprint density at radius 2 is 2.00 bits per heavy atom. The molecule has 0 unspecified atom stereocenters. The van der Waals surface area contributed by atoms with E-state index in [2.05, 4.69) is 4.98 Å². The Morgan fingerprint density at radius 3 is 2.62 bits per heavy atom. The third-order valence-corrected chi connectivity index (χ3v) is 2.74. The molecule has 16 heavy (non-hydrogen) atoms. The van der Waals surface area contributed by atoms with Crippen LogP contribution in [0.4, 0.5) is 0 Å². The molecule has 0 bridgehead atoms. The smallest absolute Gasteiger partial charge is 0.335 e. The maximum Gasteiger partial charge on any atom is 0.335 e. The number of H-pyrrole nitrogens is 1. The third kappa shape index (κ3) is 1.48. The van der Waals surface area contributed by atoms with Crippen molar-refractivity contribution < 1.29 is 9.90 Å². The molecule has 0 saturated carbocycles. The van der Waals surface area contributed by atoms with Crippen LogP contribution in [-0.4, -0.2) is 16.1 Å². The fourth-order valence-electron chi connectivity index (χ4n) is 1.64. The van der Waals surface area contributed by atoms with Gasteiger partial charge in [0.05, 0.1) is 5.56 Å². The van der Waals surface area contributed by atoms with Crippen molar-refractivity contribution in [1.29, 1.82) is 0 Å². The molecule has 0 radical (unpaired) electrons. The Balaban J connectivity index is 2.88. The summed E-state index contributed by atoms with van der Waals surface area (Å²) in [5, 5.41) is 9.27. The molecule has 1 aromatic carbocycles. The highest BCUT2D eigenvalue weighted by molar-refractivity contribution is 5.93. The first-order chi connectivity index (χ1) is 7.50. The SMILES string of the molecule is Cc1[nH]c2ccc(C(=O)O)cc2c(=O)c1C. The van der Waals surface area contributed by atoms with E-state index in [1.807, 2.05) is 6.92 Å². The van der Waals surface area contributed by atoms with Gasteiger partial charge in [-0.2, -0.15) is 0 Å². The molecule has 82 valence electrons. The predicted molar refractivity (Wildman–Crippen MR) is 61.0 cm³/mol. The summed E-state index contributed by atoms with van der Waals surface area (Å²) >= 11 is 0. The van der Waals surface area contributed by atoms with Gasteiger partial charge in [0.1, 0.15) is 0 Å². The highest BCUT2D eigenvalue weighted by atomic mass is 16.4. The van der Waals surface area contributed by atoms with Crippen LogP contribution in [0.5, 0.6) is 0 Å². The number of aromatic nitrogens is 1. The summed E-state index contributed by atoms with van der Waals surface area (Å²) in [6.07, 6.45) is 0. The normalized spacial score (nSPS) is 10.6. The van der Waals surface area contributed by atoms with Crippen LogP contribution >= 0.6 is 0 Å². The molecule has 1 aromatic heterocycles. The van der Waals surface area contributed by atoms with Crippen LogP contribution in [0.25, 0.3) is 10.9 Å². The molecule has 0 aliphatic heterocycles. The van der Waals surface area contributed by atoms with Gasteiger partial charge < -0.3 is 10.1 Å². The summed E-state index contributed by atoms with van der Waals surface area (Å²) in [4.78, 5) is 25.8. The first-order valence-corrected chi connectivity index (χ1v) is 4.87. The molecule has 2 N–H and O–H groups in total. The van der Waals surface area contributed by atoms with Crippen molar-refractivity contribution in [3.63, 3.8) is 0 Å². The third-order valence-electron chi connectivity index (χ3n) is 2.74. The van der Waals surface area contributed by atoms with Crippen molar-refractivity contribution in [1.82, 2.24) is 4.98 Å². The molecule has 0 aliphatic rings. The highest BCUT2D eigenvalue weighted by Gasteiger charge is 2.08. The maximum atomic E-state index is 11.9. The van der Waals surface area contributed by atoms with E-state index in [1.54, 1.807) is 13.0 Å². The lowest BCUT2D eigenvalue weighted by Gasteiger charge is -2.04. The molecule has 2 rings (SSSR count). The number of aromatic amines is 1. The van der Waals surface area contributed by atoms with Crippen molar-refractivity contribution in [2.45, 2.75) is 13.8 Å². The topological polar surface area (TPSA) is 70.2 Å². The van der Waals surface area contributed by atoms with Crippen molar-refractivity contribution in [2.75, 3.05) is 0 Å². The molecule has 2 aromatic rings. The van der Waals surface area contributed by atoms with Gasteiger partial charge in [-0.1, -0.05) is 0 Å². The van der Waals surface area contributed by atoms with Crippen molar-refractivity contribution in [2.24, 2.45) is 0 Å². The molecule has 0 aliphatic carbocycles. The van der Waals surface area contributed by atoms with Crippen LogP contribution in [0.3, 0.4) is 0 Å². The van der Waals surface area contributed by atoms with Crippen molar-refractivity contribution >= 4 is 16.9 Å². The number of nitrogens with one attached hydrogen (secondary N) is 1. The maximum absolute atomic E-state index is 11.9. The van der Waals surface area contributed by atoms with Gasteiger partial charge in [-0.15, -0.1) is 0 Å². The zero-order valence-electron chi connectivity index (χ0n) is 9.00. The van der Waals surface area contributed by atoms with E-state index in [4.69, 9.17) is 5.11 Å². The van der Waals surface area contributed by atoms with Gasteiger partial charge in [0.25, 0.3) is 0 Å². The van der Waals surface area contributed by atoms with E-state index in [1.165, 1.54) is 12.1 Å². The van der Waals surface area contributed by atoms with Gasteiger partial charge in [-0.3, -0.25) is 4.79 Å². The monoisotopic (exact) mass is 217 g/mol. The lowest BCUT2D eigenvalue weighted by Crippen LogP contribution is -2.10. The fraction of sp³-hybridized carbons (Fsp3) is 0.167. The fourth-order valence-corrected chi connectivity index (χ4v) is 1.64. The Bertz CT molecular complexity index is 640. The number of benzene rings is 1. The van der Waals surface area contributed by atoms with Gasteiger partial charge in [0.15, 0.2) is 5.43 Å². The number of rotatable bonds is 1. The van der Waals surface area contributed by atoms with Crippen LogP contribution < -0.4 is 5.43 Å². The number of pyridine rings is 1. The predicted octanol–water partition coefficient (Wildman–Crippen LogP) is 1.84. The number of fused-ring (bicyclic) bond motifs is 1. The largest absolute Gasteiger partial charge is 0.478 e. The minimum atomic E-state index is -1.03. The summed E-state index contributed by atoms with van der Waals surface area (Å²) in [5.41, 5.74) is 2.10. The zero-order chi connectivity index (χ0) is 11.9. The van der Waals surface area contributed by atoms with E-state index in [-0.39, 0.29) is 11.0 Å². The van der Waals surface area contributed by atoms with E-state index in [9.17, 15) is 9.59 Å². The van der Waals surface area contributed by atoms with Crippen LogP contribution in [0.15, 0.2) is 23.0 Å². The van der Waals surface area contributed by atoms with Crippen LogP contribution in [0, 0.1) is 13.8 Å². The second-order valence-corrected chi connectivity index (χ2v) is 3.77. The first-order valence-electron chi connectivity index (χ1n) is 4.87. The Kier molecular flexibility index (Phi) is 2.27. The Hall–Kier alpha value is -2.10. The second kappa shape index (κ2) is 3.48. The molecule has 4 nitrogen and oxygen atoms in total. The van der Waals surface area contributed by atoms with E-state index in [0.29, 0.717) is 16.5 Å². The van der Waals surface area contributed by atoms with E-state index >= 15 is 0 Å². The number of carboxylic acid groups (broad SMARTS) is 1. The molecule has 1 heterocycles. The molecular formula is C12H11NO3. The quantitative estimate of drug-likeness (QED) is 0.765. The Labute approximate surface area is 91.5 Å². The number of carboxylic acids is 1. The first kappa shape index (κ1) is 10.4. The minimum Gasteiger partial charge on any atom is -0.478 e. The zero-order valence-corrected chi connectivity index (χ0v) is 9.00. The van der Waals surface area contributed by atoms with Gasteiger partial charge in [0.2, 0.25) is 0 Å². The summed E-state index contributed by atoms with van der Waals surface area (Å²) in [6, 6.07) is 4.50.